The predicted molar refractivity (Wildman–Crippen MR) is 97.7 cm³/mol. The number of carbonyl (C=O) groups excluding carboxylic acids is 2. The number of rotatable bonds is 8. The highest BCUT2D eigenvalue weighted by Crippen LogP contribution is 2.17. The van der Waals surface area contributed by atoms with Crippen LogP contribution in [0.25, 0.3) is 0 Å². The average Bonchev–Trinajstić information content (AvgIpc) is 2.65. The van der Waals surface area contributed by atoms with Crippen LogP contribution in [0, 0.1) is 0 Å². The molecule has 144 valence electrons. The van der Waals surface area contributed by atoms with Crippen molar-refractivity contribution in [1.29, 1.82) is 0 Å². The normalized spacial score (nSPS) is 10.7. The zero-order valence-electron chi connectivity index (χ0n) is 14.7. The molecule has 27 heavy (non-hydrogen) atoms. The number of carbonyl (C=O) groups is 2. The van der Waals surface area contributed by atoms with E-state index in [4.69, 9.17) is 9.47 Å². The second kappa shape index (κ2) is 9.01. The molecule has 0 radical (unpaired) electrons. The number of methoxy groups -OCH3 is 1. The number of hydrogen-bond donors (Lipinski definition) is 3. The van der Waals surface area contributed by atoms with Crippen LogP contribution in [0.15, 0.2) is 53.4 Å². The third kappa shape index (κ3) is 6.28. The standard InChI is InChI=1S/C17H19N3O6S/c1-12(21)18-13-3-9-16(10-4-13)27(23,24)20-19-17(22)11-26-15-7-5-14(25-2)6-8-15/h3-10,20H,11H2,1-2H3,(H,18,21)(H,19,22). The van der Waals surface area contributed by atoms with E-state index in [1.807, 2.05) is 4.83 Å². The second-order valence-corrected chi connectivity index (χ2v) is 7.01. The minimum Gasteiger partial charge on any atom is -0.497 e. The summed E-state index contributed by atoms with van der Waals surface area (Å²) in [5.74, 6) is 0.128. The zero-order valence-corrected chi connectivity index (χ0v) is 15.5. The number of hydrazine groups is 1. The fourth-order valence-electron chi connectivity index (χ4n) is 1.96. The molecule has 0 aliphatic rings. The topological polar surface area (TPSA) is 123 Å². The van der Waals surface area contributed by atoms with E-state index in [1.165, 1.54) is 38.3 Å². The number of sulfonamides is 1. The minimum absolute atomic E-state index is 0.0759. The van der Waals surface area contributed by atoms with Gasteiger partial charge in [0.2, 0.25) is 5.91 Å². The molecule has 0 aromatic heterocycles. The van der Waals surface area contributed by atoms with Crippen molar-refractivity contribution in [3.05, 3.63) is 48.5 Å². The van der Waals surface area contributed by atoms with Crippen LogP contribution in [0.2, 0.25) is 0 Å². The molecule has 0 aliphatic heterocycles. The molecule has 0 bridgehead atoms. The number of benzene rings is 2. The molecule has 9 nitrogen and oxygen atoms in total. The Morgan fingerprint density at radius 3 is 2.11 bits per heavy atom. The van der Waals surface area contributed by atoms with Crippen LogP contribution in [-0.4, -0.2) is 33.9 Å². The summed E-state index contributed by atoms with van der Waals surface area (Å²) in [4.78, 5) is 24.6. The first-order valence-electron chi connectivity index (χ1n) is 7.75. The van der Waals surface area contributed by atoms with Crippen LogP contribution in [-0.2, 0) is 19.6 Å². The van der Waals surface area contributed by atoms with Gasteiger partial charge in [-0.25, -0.2) is 8.42 Å². The molecular formula is C17H19N3O6S. The number of amides is 2. The highest BCUT2D eigenvalue weighted by Gasteiger charge is 2.15. The van der Waals surface area contributed by atoms with Crippen LogP contribution >= 0.6 is 0 Å². The minimum atomic E-state index is -3.96. The number of nitrogens with one attached hydrogen (secondary N) is 3. The summed E-state index contributed by atoms with van der Waals surface area (Å²) in [6.07, 6.45) is 0. The lowest BCUT2D eigenvalue weighted by Gasteiger charge is -2.10. The molecule has 2 amide bonds. The molecule has 0 heterocycles. The van der Waals surface area contributed by atoms with E-state index in [2.05, 4.69) is 10.7 Å². The van der Waals surface area contributed by atoms with E-state index in [-0.39, 0.29) is 17.4 Å². The number of anilines is 1. The monoisotopic (exact) mass is 393 g/mol. The van der Waals surface area contributed by atoms with Crippen molar-refractivity contribution in [3.8, 4) is 11.5 Å². The van der Waals surface area contributed by atoms with Crippen LogP contribution in [0.5, 0.6) is 11.5 Å². The predicted octanol–water partition coefficient (Wildman–Crippen LogP) is 1.04. The molecule has 0 fully saturated rings. The summed E-state index contributed by atoms with van der Waals surface area (Å²) in [6.45, 7) is 0.964. The molecule has 0 saturated carbocycles. The Hall–Kier alpha value is -3.11. The van der Waals surface area contributed by atoms with Gasteiger partial charge in [-0.1, -0.05) is 0 Å². The molecule has 0 aliphatic carbocycles. The van der Waals surface area contributed by atoms with E-state index in [0.717, 1.165) is 0 Å². The van der Waals surface area contributed by atoms with Gasteiger partial charge in [0, 0.05) is 12.6 Å². The van der Waals surface area contributed by atoms with E-state index in [9.17, 15) is 18.0 Å². The van der Waals surface area contributed by atoms with Gasteiger partial charge in [0.1, 0.15) is 11.5 Å². The first-order valence-corrected chi connectivity index (χ1v) is 9.23. The Balaban J connectivity index is 1.86. The molecule has 2 aromatic carbocycles. The molecule has 2 rings (SSSR count). The van der Waals surface area contributed by atoms with Gasteiger partial charge in [0.05, 0.1) is 12.0 Å². The lowest BCUT2D eigenvalue weighted by molar-refractivity contribution is -0.123. The SMILES string of the molecule is COc1ccc(OCC(=O)NNS(=O)(=O)c2ccc(NC(C)=O)cc2)cc1. The van der Waals surface area contributed by atoms with E-state index >= 15 is 0 Å². The summed E-state index contributed by atoms with van der Waals surface area (Å²) in [6, 6.07) is 12.0. The van der Waals surface area contributed by atoms with Gasteiger partial charge in [0.25, 0.3) is 15.9 Å². The molecule has 0 atom stereocenters. The Morgan fingerprint density at radius 2 is 1.56 bits per heavy atom. The summed E-state index contributed by atoms with van der Waals surface area (Å²) < 4.78 is 34.5. The largest absolute Gasteiger partial charge is 0.497 e. The fourth-order valence-corrected chi connectivity index (χ4v) is 2.82. The van der Waals surface area contributed by atoms with Gasteiger partial charge in [-0.2, -0.15) is 0 Å². The average molecular weight is 393 g/mol. The fraction of sp³-hybridized carbons (Fsp3) is 0.176. The highest BCUT2D eigenvalue weighted by atomic mass is 32.2. The maximum atomic E-state index is 12.1. The highest BCUT2D eigenvalue weighted by molar-refractivity contribution is 7.89. The molecule has 0 saturated heterocycles. The smallest absolute Gasteiger partial charge is 0.272 e. The first kappa shape index (κ1) is 20.2. The van der Waals surface area contributed by atoms with Crippen LogP contribution in [0.4, 0.5) is 5.69 Å². The van der Waals surface area contributed by atoms with Crippen molar-refractivity contribution >= 4 is 27.5 Å². The molecule has 0 spiro atoms. The first-order chi connectivity index (χ1) is 12.8. The van der Waals surface area contributed by atoms with Gasteiger partial charge < -0.3 is 14.8 Å². The third-order valence-electron chi connectivity index (χ3n) is 3.24. The maximum Gasteiger partial charge on any atom is 0.272 e. The van der Waals surface area contributed by atoms with Crippen molar-refractivity contribution in [3.63, 3.8) is 0 Å². The summed E-state index contributed by atoms with van der Waals surface area (Å²) >= 11 is 0. The zero-order chi connectivity index (χ0) is 19.9. The molecule has 0 unspecified atom stereocenters. The summed E-state index contributed by atoms with van der Waals surface area (Å²) in [5, 5.41) is 2.52. The quantitative estimate of drug-likeness (QED) is 0.576. The van der Waals surface area contributed by atoms with Crippen molar-refractivity contribution in [2.45, 2.75) is 11.8 Å². The molecule has 2 aromatic rings. The van der Waals surface area contributed by atoms with Gasteiger partial charge in [-0.05, 0) is 48.5 Å². The van der Waals surface area contributed by atoms with Gasteiger partial charge >= 0.3 is 0 Å². The van der Waals surface area contributed by atoms with E-state index < -0.39 is 15.9 Å². The summed E-state index contributed by atoms with van der Waals surface area (Å²) in [7, 11) is -2.43. The third-order valence-corrected chi connectivity index (χ3v) is 4.50. The summed E-state index contributed by atoms with van der Waals surface area (Å²) in [5.41, 5.74) is 2.52. The molecule has 3 N–H and O–H groups in total. The van der Waals surface area contributed by atoms with Gasteiger partial charge in [0.15, 0.2) is 6.61 Å². The Kier molecular flexibility index (Phi) is 6.74. The lowest BCUT2D eigenvalue weighted by atomic mass is 10.3. The van der Waals surface area contributed by atoms with Crippen LogP contribution in [0.3, 0.4) is 0 Å². The van der Waals surface area contributed by atoms with E-state index in [1.54, 1.807) is 24.3 Å². The molecular weight excluding hydrogens is 374 g/mol. The lowest BCUT2D eigenvalue weighted by Crippen LogP contribution is -2.43. The molecule has 10 heteroatoms. The number of ether oxygens (including phenoxy) is 2. The van der Waals surface area contributed by atoms with Crippen molar-refractivity contribution < 1.29 is 27.5 Å². The van der Waals surface area contributed by atoms with Gasteiger partial charge in [-0.3, -0.25) is 15.0 Å². The Morgan fingerprint density at radius 1 is 0.963 bits per heavy atom. The van der Waals surface area contributed by atoms with Crippen LogP contribution in [0.1, 0.15) is 6.92 Å². The number of hydrogen-bond acceptors (Lipinski definition) is 6. The van der Waals surface area contributed by atoms with Gasteiger partial charge in [-0.15, -0.1) is 4.83 Å². The van der Waals surface area contributed by atoms with Crippen molar-refractivity contribution in [2.75, 3.05) is 19.0 Å². The maximum absolute atomic E-state index is 12.1. The van der Waals surface area contributed by atoms with Crippen LogP contribution < -0.4 is 25.0 Å². The van der Waals surface area contributed by atoms with Crippen molar-refractivity contribution in [1.82, 2.24) is 10.3 Å². The Bertz CT molecular complexity index is 895. The Labute approximate surface area is 156 Å². The van der Waals surface area contributed by atoms with Crippen molar-refractivity contribution in [2.24, 2.45) is 0 Å². The second-order valence-electron chi connectivity index (χ2n) is 5.32. The van der Waals surface area contributed by atoms with E-state index in [0.29, 0.717) is 17.2 Å².